The molecule has 27 heavy (non-hydrogen) atoms. The van der Waals surface area contributed by atoms with Gasteiger partial charge in [0.1, 0.15) is 16.6 Å². The molecule has 0 bridgehead atoms. The molecule has 1 aliphatic rings. The van der Waals surface area contributed by atoms with Crippen LogP contribution in [-0.4, -0.2) is 31.7 Å². The van der Waals surface area contributed by atoms with Crippen LogP contribution >= 0.6 is 11.6 Å². The van der Waals surface area contributed by atoms with Crippen LogP contribution in [0.25, 0.3) is 0 Å². The quantitative estimate of drug-likeness (QED) is 0.774. The number of aromatic nitrogens is 1. The predicted octanol–water partition coefficient (Wildman–Crippen LogP) is 3.04. The van der Waals surface area contributed by atoms with Gasteiger partial charge in [0, 0.05) is 12.1 Å². The van der Waals surface area contributed by atoms with E-state index in [4.69, 9.17) is 21.1 Å². The van der Waals surface area contributed by atoms with E-state index in [0.29, 0.717) is 25.0 Å². The van der Waals surface area contributed by atoms with Crippen LogP contribution in [0.3, 0.4) is 0 Å². The fourth-order valence-electron chi connectivity index (χ4n) is 2.17. The van der Waals surface area contributed by atoms with Crippen LogP contribution in [0.15, 0.2) is 24.4 Å². The van der Waals surface area contributed by atoms with Crippen LogP contribution in [-0.2, 0) is 10.0 Å². The Morgan fingerprint density at radius 2 is 1.96 bits per heavy atom. The first-order valence-corrected chi connectivity index (χ1v) is 9.56. The van der Waals surface area contributed by atoms with Gasteiger partial charge in [-0.1, -0.05) is 11.6 Å². The molecule has 1 aliphatic carbocycles. The minimum atomic E-state index is -3.89. The topological polar surface area (TPSA) is 94.6 Å². The highest BCUT2D eigenvalue weighted by atomic mass is 35.5. The lowest BCUT2D eigenvalue weighted by atomic mass is 10.2. The van der Waals surface area contributed by atoms with E-state index in [1.165, 1.54) is 19.4 Å². The molecule has 2 aromatic rings. The second-order valence-corrected chi connectivity index (χ2v) is 8.07. The van der Waals surface area contributed by atoms with Gasteiger partial charge < -0.3 is 9.47 Å². The average molecular weight is 419 g/mol. The average Bonchev–Trinajstić information content (AvgIpc) is 3.43. The van der Waals surface area contributed by atoms with Gasteiger partial charge in [-0.2, -0.15) is 0 Å². The Morgan fingerprint density at radius 1 is 1.26 bits per heavy atom. The zero-order valence-electron chi connectivity index (χ0n) is 13.8. The minimum Gasteiger partial charge on any atom is -0.480 e. The Labute approximate surface area is 158 Å². The lowest BCUT2D eigenvalue weighted by Crippen LogP contribution is -2.33. The molecule has 1 fully saturated rings. The summed E-state index contributed by atoms with van der Waals surface area (Å²) >= 11 is 5.88. The SMILES string of the molecule is COc1ncc(Oc2cc(F)c(C(=O)NS(=O)(=O)C3CC3)cc2F)cc1Cl. The van der Waals surface area contributed by atoms with E-state index < -0.39 is 44.1 Å². The van der Waals surface area contributed by atoms with Gasteiger partial charge in [0.2, 0.25) is 15.9 Å². The van der Waals surface area contributed by atoms with Crippen molar-refractivity contribution in [1.29, 1.82) is 0 Å². The first-order valence-electron chi connectivity index (χ1n) is 7.63. The molecule has 0 atom stereocenters. The van der Waals surface area contributed by atoms with Crippen LogP contribution in [0.1, 0.15) is 23.2 Å². The third kappa shape index (κ3) is 4.28. The summed E-state index contributed by atoms with van der Waals surface area (Å²) in [5.41, 5.74) is -0.755. The van der Waals surface area contributed by atoms with Crippen LogP contribution in [0.5, 0.6) is 17.4 Å². The van der Waals surface area contributed by atoms with Crippen LogP contribution in [0.4, 0.5) is 8.78 Å². The van der Waals surface area contributed by atoms with Crippen molar-refractivity contribution in [3.05, 3.63) is 46.6 Å². The molecule has 1 saturated carbocycles. The number of amides is 1. The number of nitrogens with one attached hydrogen (secondary N) is 1. The van der Waals surface area contributed by atoms with Crippen molar-refractivity contribution in [1.82, 2.24) is 9.71 Å². The molecule has 0 unspecified atom stereocenters. The maximum absolute atomic E-state index is 14.2. The minimum absolute atomic E-state index is 0.00705. The first-order chi connectivity index (χ1) is 12.7. The van der Waals surface area contributed by atoms with Crippen molar-refractivity contribution in [2.24, 2.45) is 0 Å². The van der Waals surface area contributed by atoms with E-state index in [0.717, 1.165) is 0 Å². The molecular weight excluding hydrogens is 406 g/mol. The van der Waals surface area contributed by atoms with Crippen molar-refractivity contribution in [3.63, 3.8) is 0 Å². The molecule has 0 aliphatic heterocycles. The fourth-order valence-corrected chi connectivity index (χ4v) is 3.69. The number of benzene rings is 1. The summed E-state index contributed by atoms with van der Waals surface area (Å²) in [5, 5.41) is -0.582. The number of sulfonamides is 1. The van der Waals surface area contributed by atoms with Gasteiger partial charge in [0.25, 0.3) is 5.91 Å². The molecule has 144 valence electrons. The highest BCUT2D eigenvalue weighted by Gasteiger charge is 2.37. The number of ether oxygens (including phenoxy) is 2. The summed E-state index contributed by atoms with van der Waals surface area (Å²) in [5.74, 6) is -3.87. The Balaban J connectivity index is 1.82. The van der Waals surface area contributed by atoms with Gasteiger partial charge in [-0.25, -0.2) is 26.9 Å². The number of carbonyl (C=O) groups excluding carboxylic acids is 1. The zero-order valence-corrected chi connectivity index (χ0v) is 15.4. The molecule has 1 amide bonds. The summed E-state index contributed by atoms with van der Waals surface area (Å²) < 4.78 is 63.8. The number of methoxy groups -OCH3 is 1. The molecule has 0 radical (unpaired) electrons. The Hall–Kier alpha value is -2.46. The number of carbonyl (C=O) groups is 1. The Bertz CT molecular complexity index is 1010. The molecule has 7 nitrogen and oxygen atoms in total. The van der Waals surface area contributed by atoms with Crippen molar-refractivity contribution < 1.29 is 31.5 Å². The third-order valence-electron chi connectivity index (χ3n) is 3.67. The molecule has 0 saturated heterocycles. The van der Waals surface area contributed by atoms with Gasteiger partial charge >= 0.3 is 0 Å². The lowest BCUT2D eigenvalue weighted by Gasteiger charge is -2.11. The van der Waals surface area contributed by atoms with E-state index in [9.17, 15) is 22.0 Å². The molecule has 0 spiro atoms. The maximum atomic E-state index is 14.2. The third-order valence-corrected chi connectivity index (χ3v) is 5.76. The molecule has 1 heterocycles. The summed E-state index contributed by atoms with van der Waals surface area (Å²) in [6.45, 7) is 0. The number of rotatable bonds is 6. The second-order valence-electron chi connectivity index (χ2n) is 5.70. The Kier molecular flexibility index (Phi) is 5.20. The van der Waals surface area contributed by atoms with Crippen molar-refractivity contribution in [2.75, 3.05) is 7.11 Å². The van der Waals surface area contributed by atoms with Crippen LogP contribution in [0.2, 0.25) is 5.02 Å². The summed E-state index contributed by atoms with van der Waals surface area (Å²) in [6, 6.07) is 2.47. The van der Waals surface area contributed by atoms with E-state index in [2.05, 4.69) is 4.98 Å². The lowest BCUT2D eigenvalue weighted by molar-refractivity contribution is 0.0977. The Morgan fingerprint density at radius 3 is 2.56 bits per heavy atom. The van der Waals surface area contributed by atoms with Gasteiger partial charge in [-0.05, 0) is 18.9 Å². The summed E-state index contributed by atoms with van der Waals surface area (Å²) in [6.07, 6.45) is 2.03. The highest BCUT2D eigenvalue weighted by molar-refractivity contribution is 7.91. The molecule has 1 aromatic heterocycles. The molecule has 11 heteroatoms. The van der Waals surface area contributed by atoms with E-state index >= 15 is 0 Å². The number of hydrogen-bond acceptors (Lipinski definition) is 6. The number of hydrogen-bond donors (Lipinski definition) is 1. The number of pyridine rings is 1. The second kappa shape index (κ2) is 7.28. The van der Waals surface area contributed by atoms with Crippen molar-refractivity contribution in [3.8, 4) is 17.4 Å². The highest BCUT2D eigenvalue weighted by Crippen LogP contribution is 2.31. The van der Waals surface area contributed by atoms with Gasteiger partial charge in [0.05, 0.1) is 24.1 Å². The summed E-state index contributed by atoms with van der Waals surface area (Å²) in [7, 11) is -2.53. The van der Waals surface area contributed by atoms with Crippen molar-refractivity contribution >= 4 is 27.5 Å². The summed E-state index contributed by atoms with van der Waals surface area (Å²) in [4.78, 5) is 15.8. The standard InChI is InChI=1S/C16H13ClF2N2O5S/c1-25-16-11(17)4-8(7-20-16)26-14-6-12(18)10(5-13(14)19)15(22)21-27(23,24)9-2-3-9/h4-7,9H,2-3H2,1H3,(H,21,22). The van der Waals surface area contributed by atoms with Gasteiger partial charge in [-0.3, -0.25) is 4.79 Å². The number of nitrogens with zero attached hydrogens (tertiary/aromatic N) is 1. The van der Waals surface area contributed by atoms with E-state index in [1.54, 1.807) is 4.72 Å². The molecule has 1 aromatic carbocycles. The zero-order chi connectivity index (χ0) is 19.8. The smallest absolute Gasteiger partial charge is 0.267 e. The van der Waals surface area contributed by atoms with E-state index in [-0.39, 0.29) is 16.7 Å². The van der Waals surface area contributed by atoms with E-state index in [1.807, 2.05) is 0 Å². The monoisotopic (exact) mass is 418 g/mol. The largest absolute Gasteiger partial charge is 0.480 e. The van der Waals surface area contributed by atoms with Gasteiger partial charge in [0.15, 0.2) is 11.6 Å². The predicted molar refractivity (Wildman–Crippen MR) is 91.6 cm³/mol. The van der Waals surface area contributed by atoms with Crippen molar-refractivity contribution in [2.45, 2.75) is 18.1 Å². The molecular formula is C16H13ClF2N2O5S. The van der Waals surface area contributed by atoms with Crippen LogP contribution in [0, 0.1) is 11.6 Å². The van der Waals surface area contributed by atoms with Crippen LogP contribution < -0.4 is 14.2 Å². The first kappa shape index (κ1) is 19.3. The normalized spacial score (nSPS) is 13.9. The fraction of sp³-hybridized carbons (Fsp3) is 0.250. The molecule has 1 N–H and O–H groups in total. The number of halogens is 3. The molecule has 3 rings (SSSR count). The maximum Gasteiger partial charge on any atom is 0.267 e. The van der Waals surface area contributed by atoms with Gasteiger partial charge in [-0.15, -0.1) is 0 Å².